The second kappa shape index (κ2) is 6.59. The summed E-state index contributed by atoms with van der Waals surface area (Å²) >= 11 is 7.84. The molecule has 0 unspecified atom stereocenters. The van der Waals surface area contributed by atoms with E-state index in [1.165, 1.54) is 11.6 Å². The van der Waals surface area contributed by atoms with E-state index in [4.69, 9.17) is 16.7 Å². The van der Waals surface area contributed by atoms with Gasteiger partial charge in [0.15, 0.2) is 0 Å². The minimum atomic E-state index is -0.986. The zero-order valence-corrected chi connectivity index (χ0v) is 12.5. The van der Waals surface area contributed by atoms with E-state index in [0.29, 0.717) is 10.6 Å². The maximum absolute atomic E-state index is 10.5. The molecule has 20 heavy (non-hydrogen) atoms. The van der Waals surface area contributed by atoms with Crippen molar-refractivity contribution in [3.63, 3.8) is 0 Å². The quantitative estimate of drug-likeness (QED) is 0.844. The largest absolute Gasteiger partial charge is 0.478 e. The van der Waals surface area contributed by atoms with Crippen LogP contribution < -0.4 is 4.90 Å². The van der Waals surface area contributed by atoms with Crippen LogP contribution in [0.15, 0.2) is 41.1 Å². The van der Waals surface area contributed by atoms with E-state index in [1.807, 2.05) is 25.2 Å². The van der Waals surface area contributed by atoms with Gasteiger partial charge in [-0.3, -0.25) is 0 Å². The molecule has 0 radical (unpaired) electrons. The fourth-order valence-electron chi connectivity index (χ4n) is 1.80. The van der Waals surface area contributed by atoms with Crippen molar-refractivity contribution in [2.75, 3.05) is 11.9 Å². The maximum Gasteiger partial charge on any atom is 0.328 e. The number of carbonyl (C=O) groups is 1. The van der Waals surface area contributed by atoms with Gasteiger partial charge in [-0.2, -0.15) is 11.3 Å². The van der Waals surface area contributed by atoms with Crippen molar-refractivity contribution in [1.29, 1.82) is 0 Å². The van der Waals surface area contributed by atoms with Crippen molar-refractivity contribution in [3.8, 4) is 0 Å². The molecular weight excluding hydrogens is 294 g/mol. The van der Waals surface area contributed by atoms with Crippen LogP contribution in [0, 0.1) is 0 Å². The zero-order chi connectivity index (χ0) is 14.5. The van der Waals surface area contributed by atoms with Crippen molar-refractivity contribution in [2.45, 2.75) is 6.54 Å². The Labute approximate surface area is 126 Å². The van der Waals surface area contributed by atoms with E-state index in [2.05, 4.69) is 21.7 Å². The highest BCUT2D eigenvalue weighted by atomic mass is 35.5. The molecule has 0 saturated carbocycles. The Hall–Kier alpha value is -1.78. The van der Waals surface area contributed by atoms with E-state index >= 15 is 0 Å². The van der Waals surface area contributed by atoms with Gasteiger partial charge in [0, 0.05) is 30.4 Å². The molecule has 1 aromatic heterocycles. The van der Waals surface area contributed by atoms with E-state index in [1.54, 1.807) is 11.3 Å². The molecule has 5 heteroatoms. The lowest BCUT2D eigenvalue weighted by molar-refractivity contribution is -0.131. The van der Waals surface area contributed by atoms with Gasteiger partial charge in [-0.05, 0) is 46.2 Å². The molecule has 2 rings (SSSR count). The number of anilines is 1. The van der Waals surface area contributed by atoms with E-state index < -0.39 is 5.97 Å². The second-order valence-electron chi connectivity index (χ2n) is 4.37. The third-order valence-corrected chi connectivity index (χ3v) is 3.89. The third kappa shape index (κ3) is 3.85. The van der Waals surface area contributed by atoms with E-state index in [0.717, 1.165) is 18.3 Å². The number of halogens is 1. The Balaban J connectivity index is 2.13. The van der Waals surface area contributed by atoms with Gasteiger partial charge in [-0.25, -0.2) is 4.79 Å². The van der Waals surface area contributed by atoms with Crippen LogP contribution in [0.5, 0.6) is 0 Å². The zero-order valence-electron chi connectivity index (χ0n) is 10.9. The number of carboxylic acid groups (broad SMARTS) is 1. The average molecular weight is 308 g/mol. The molecule has 0 amide bonds. The van der Waals surface area contributed by atoms with Crippen LogP contribution in [0.1, 0.15) is 11.1 Å². The summed E-state index contributed by atoms with van der Waals surface area (Å²) in [6, 6.07) is 7.68. The fourth-order valence-corrected chi connectivity index (χ4v) is 2.70. The van der Waals surface area contributed by atoms with Crippen molar-refractivity contribution in [2.24, 2.45) is 0 Å². The van der Waals surface area contributed by atoms with Crippen LogP contribution >= 0.6 is 22.9 Å². The summed E-state index contributed by atoms with van der Waals surface area (Å²) in [5.41, 5.74) is 2.94. The van der Waals surface area contributed by atoms with Gasteiger partial charge in [0.25, 0.3) is 0 Å². The van der Waals surface area contributed by atoms with E-state index in [-0.39, 0.29) is 0 Å². The number of aliphatic carboxylic acids is 1. The highest BCUT2D eigenvalue weighted by molar-refractivity contribution is 7.07. The second-order valence-corrected chi connectivity index (χ2v) is 5.55. The minimum absolute atomic E-state index is 0.539. The summed E-state index contributed by atoms with van der Waals surface area (Å²) in [4.78, 5) is 12.6. The van der Waals surface area contributed by atoms with Crippen LogP contribution in [0.4, 0.5) is 5.69 Å². The smallest absolute Gasteiger partial charge is 0.328 e. The maximum atomic E-state index is 10.5. The van der Waals surface area contributed by atoms with E-state index in [9.17, 15) is 4.79 Å². The van der Waals surface area contributed by atoms with Crippen molar-refractivity contribution in [1.82, 2.24) is 0 Å². The van der Waals surface area contributed by atoms with Crippen LogP contribution in [-0.2, 0) is 11.3 Å². The lowest BCUT2D eigenvalue weighted by atomic mass is 10.1. The molecule has 104 valence electrons. The summed E-state index contributed by atoms with van der Waals surface area (Å²) in [7, 11) is 2.00. The normalized spacial score (nSPS) is 10.9. The molecule has 0 aliphatic heterocycles. The van der Waals surface area contributed by atoms with Crippen LogP contribution in [0.3, 0.4) is 0 Å². The number of hydrogen-bond donors (Lipinski definition) is 1. The summed E-state index contributed by atoms with van der Waals surface area (Å²) in [5, 5.41) is 13.3. The van der Waals surface area contributed by atoms with Crippen LogP contribution in [-0.4, -0.2) is 18.1 Å². The first-order valence-electron chi connectivity index (χ1n) is 5.99. The van der Waals surface area contributed by atoms with Gasteiger partial charge in [-0.15, -0.1) is 0 Å². The molecule has 0 aliphatic carbocycles. The number of nitrogens with zero attached hydrogens (tertiary/aromatic N) is 1. The molecule has 0 bridgehead atoms. The number of carboxylic acids is 1. The Kier molecular flexibility index (Phi) is 4.82. The summed E-state index contributed by atoms with van der Waals surface area (Å²) < 4.78 is 0. The Morgan fingerprint density at radius 2 is 2.25 bits per heavy atom. The van der Waals surface area contributed by atoms with Crippen LogP contribution in [0.2, 0.25) is 5.02 Å². The van der Waals surface area contributed by atoms with Gasteiger partial charge in [-0.1, -0.05) is 17.7 Å². The lowest BCUT2D eigenvalue weighted by Crippen LogP contribution is -2.15. The summed E-state index contributed by atoms with van der Waals surface area (Å²) in [6.07, 6.45) is 2.57. The first-order valence-corrected chi connectivity index (χ1v) is 7.31. The van der Waals surface area contributed by atoms with Crippen LogP contribution in [0.25, 0.3) is 6.08 Å². The van der Waals surface area contributed by atoms with Crippen molar-refractivity contribution >= 4 is 40.7 Å². The predicted molar refractivity (Wildman–Crippen MR) is 84.5 cm³/mol. The van der Waals surface area contributed by atoms with Gasteiger partial charge in [0.05, 0.1) is 0 Å². The molecule has 1 heterocycles. The number of rotatable bonds is 5. The molecule has 2 aromatic rings. The monoisotopic (exact) mass is 307 g/mol. The third-order valence-electron chi connectivity index (χ3n) is 2.83. The highest BCUT2D eigenvalue weighted by Gasteiger charge is 2.05. The van der Waals surface area contributed by atoms with Crippen molar-refractivity contribution in [3.05, 3.63) is 57.3 Å². The molecule has 0 atom stereocenters. The fraction of sp³-hybridized carbons (Fsp3) is 0.133. The SMILES string of the molecule is CN(Cc1ccsc1)c1ccc(/C=C/C(=O)O)c(Cl)c1. The molecule has 0 spiro atoms. The lowest BCUT2D eigenvalue weighted by Gasteiger charge is -2.19. The first-order chi connectivity index (χ1) is 9.56. The topological polar surface area (TPSA) is 40.5 Å². The molecule has 0 aliphatic rings. The first kappa shape index (κ1) is 14.6. The average Bonchev–Trinajstić information content (AvgIpc) is 2.89. The van der Waals surface area contributed by atoms with Crippen molar-refractivity contribution < 1.29 is 9.90 Å². The molecular formula is C15H14ClNO2S. The Bertz CT molecular complexity index is 623. The summed E-state index contributed by atoms with van der Waals surface area (Å²) in [6.45, 7) is 0.810. The Morgan fingerprint density at radius 1 is 1.45 bits per heavy atom. The number of benzene rings is 1. The predicted octanol–water partition coefficient (Wildman–Crippen LogP) is 4.14. The molecule has 0 saturated heterocycles. The molecule has 0 fully saturated rings. The standard InChI is InChI=1S/C15H14ClNO2S/c1-17(9-11-6-7-20-10-11)13-4-2-12(14(16)8-13)3-5-15(18)19/h2-8,10H,9H2,1H3,(H,18,19)/b5-3+. The van der Waals surface area contributed by atoms with Gasteiger partial charge in [0.2, 0.25) is 0 Å². The van der Waals surface area contributed by atoms with Gasteiger partial charge >= 0.3 is 5.97 Å². The van der Waals surface area contributed by atoms with Gasteiger partial charge in [0.1, 0.15) is 0 Å². The number of thiophene rings is 1. The Morgan fingerprint density at radius 3 is 2.85 bits per heavy atom. The molecule has 1 N–H and O–H groups in total. The molecule has 3 nitrogen and oxygen atoms in total. The minimum Gasteiger partial charge on any atom is -0.478 e. The molecule has 1 aromatic carbocycles. The summed E-state index contributed by atoms with van der Waals surface area (Å²) in [5.74, 6) is -0.986. The highest BCUT2D eigenvalue weighted by Crippen LogP contribution is 2.25. The number of hydrogen-bond acceptors (Lipinski definition) is 3. The van der Waals surface area contributed by atoms with Gasteiger partial charge < -0.3 is 10.0 Å².